The summed E-state index contributed by atoms with van der Waals surface area (Å²) in [6, 6.07) is 19.8. The van der Waals surface area contributed by atoms with Crippen molar-refractivity contribution in [1.82, 2.24) is 10.7 Å². The van der Waals surface area contributed by atoms with Crippen LogP contribution < -0.4 is 20.2 Å². The summed E-state index contributed by atoms with van der Waals surface area (Å²) in [6.45, 7) is 0.173. The van der Waals surface area contributed by atoms with E-state index < -0.39 is 5.91 Å². The Morgan fingerprint density at radius 2 is 1.82 bits per heavy atom. The van der Waals surface area contributed by atoms with E-state index in [1.165, 1.54) is 6.21 Å². The van der Waals surface area contributed by atoms with Gasteiger partial charge in [-0.05, 0) is 76.2 Å². The van der Waals surface area contributed by atoms with Gasteiger partial charge in [-0.3, -0.25) is 9.59 Å². The first kappa shape index (κ1) is 24.5. The summed E-state index contributed by atoms with van der Waals surface area (Å²) in [5.41, 5.74) is 4.58. The molecule has 3 aromatic rings. The van der Waals surface area contributed by atoms with Crippen LogP contribution in [0.4, 0.5) is 0 Å². The number of methoxy groups -OCH3 is 1. The molecule has 3 rings (SSSR count). The Morgan fingerprint density at radius 1 is 1.06 bits per heavy atom. The van der Waals surface area contributed by atoms with E-state index in [9.17, 15) is 9.59 Å². The fourth-order valence-electron chi connectivity index (χ4n) is 2.74. The van der Waals surface area contributed by atoms with Gasteiger partial charge in [0.15, 0.2) is 11.5 Å². The molecule has 2 N–H and O–H groups in total. The molecule has 0 spiro atoms. The Morgan fingerprint density at radius 3 is 2.55 bits per heavy atom. The summed E-state index contributed by atoms with van der Waals surface area (Å²) in [4.78, 5) is 24.1. The molecule has 9 heteroatoms. The van der Waals surface area contributed by atoms with Crippen LogP contribution in [0.3, 0.4) is 0 Å². The van der Waals surface area contributed by atoms with Gasteiger partial charge in [-0.2, -0.15) is 5.10 Å². The molecule has 7 nitrogen and oxygen atoms in total. The lowest BCUT2D eigenvalue weighted by Gasteiger charge is -2.11. The van der Waals surface area contributed by atoms with Crippen molar-refractivity contribution >= 4 is 52.2 Å². The number of carbonyl (C=O) groups excluding carboxylic acids is 2. The molecule has 0 saturated heterocycles. The van der Waals surface area contributed by atoms with Crippen LogP contribution in [0.2, 0.25) is 5.02 Å². The van der Waals surface area contributed by atoms with Crippen LogP contribution in [0.5, 0.6) is 11.5 Å². The second-order valence-corrected chi connectivity index (χ2v) is 8.38. The lowest BCUT2D eigenvalue weighted by atomic mass is 10.2. The Labute approximate surface area is 210 Å². The van der Waals surface area contributed by atoms with Crippen LogP contribution in [0, 0.1) is 3.57 Å². The number of carbonyl (C=O) groups is 2. The molecule has 3 aromatic carbocycles. The van der Waals surface area contributed by atoms with E-state index >= 15 is 0 Å². The van der Waals surface area contributed by atoms with Gasteiger partial charge >= 0.3 is 0 Å². The van der Waals surface area contributed by atoms with Crippen molar-refractivity contribution < 1.29 is 19.1 Å². The van der Waals surface area contributed by atoms with Crippen molar-refractivity contribution in [1.29, 1.82) is 0 Å². The van der Waals surface area contributed by atoms with Gasteiger partial charge in [0, 0.05) is 8.59 Å². The maximum absolute atomic E-state index is 12.2. The molecule has 2 amide bonds. The van der Waals surface area contributed by atoms with E-state index in [-0.39, 0.29) is 12.5 Å². The zero-order valence-electron chi connectivity index (χ0n) is 17.7. The number of halogens is 2. The van der Waals surface area contributed by atoms with E-state index in [4.69, 9.17) is 21.1 Å². The summed E-state index contributed by atoms with van der Waals surface area (Å²) in [5.74, 6) is 0.342. The van der Waals surface area contributed by atoms with E-state index in [2.05, 4.69) is 38.4 Å². The lowest BCUT2D eigenvalue weighted by molar-refractivity contribution is -0.120. The first-order valence-corrected chi connectivity index (χ1v) is 11.3. The number of hydrogen-bond donors (Lipinski definition) is 2. The number of rotatable bonds is 9. The molecule has 0 aromatic heterocycles. The first-order chi connectivity index (χ1) is 16.0. The smallest absolute Gasteiger partial charge is 0.259 e. The van der Waals surface area contributed by atoms with Crippen molar-refractivity contribution in [2.75, 3.05) is 13.7 Å². The Bertz CT molecular complexity index is 1150. The van der Waals surface area contributed by atoms with E-state index in [1.807, 2.05) is 24.3 Å². The quantitative estimate of drug-likeness (QED) is 0.224. The minimum atomic E-state index is -0.444. The average molecular weight is 578 g/mol. The maximum atomic E-state index is 12.2. The molecule has 0 unspecified atom stereocenters. The number of nitrogens with zero attached hydrogens (tertiary/aromatic N) is 1. The van der Waals surface area contributed by atoms with Gasteiger partial charge in [0.05, 0.1) is 25.4 Å². The van der Waals surface area contributed by atoms with Gasteiger partial charge in [-0.1, -0.05) is 35.9 Å². The topological polar surface area (TPSA) is 89.0 Å². The minimum absolute atomic E-state index is 0.193. The van der Waals surface area contributed by atoms with Crippen LogP contribution in [0.1, 0.15) is 21.5 Å². The normalized spacial score (nSPS) is 10.6. The van der Waals surface area contributed by atoms with Gasteiger partial charge in [0.1, 0.15) is 6.61 Å². The molecule has 0 radical (unpaired) electrons. The number of hydrogen-bond acceptors (Lipinski definition) is 5. The molecule has 0 aliphatic carbocycles. The summed E-state index contributed by atoms with van der Waals surface area (Å²) in [5, 5.41) is 7.17. The van der Waals surface area contributed by atoms with Crippen LogP contribution in [-0.4, -0.2) is 31.7 Å². The first-order valence-electron chi connectivity index (χ1n) is 9.86. The third-order valence-electron chi connectivity index (χ3n) is 4.43. The zero-order chi connectivity index (χ0) is 23.6. The second kappa shape index (κ2) is 12.2. The summed E-state index contributed by atoms with van der Waals surface area (Å²) < 4.78 is 12.0. The molecular weight excluding hydrogens is 557 g/mol. The Kier molecular flexibility index (Phi) is 9.08. The monoisotopic (exact) mass is 577 g/mol. The molecule has 0 aliphatic rings. The predicted molar refractivity (Wildman–Crippen MR) is 136 cm³/mol. The maximum Gasteiger partial charge on any atom is 0.259 e. The van der Waals surface area contributed by atoms with Gasteiger partial charge in [-0.15, -0.1) is 0 Å². The van der Waals surface area contributed by atoms with E-state index in [0.29, 0.717) is 34.3 Å². The summed E-state index contributed by atoms with van der Waals surface area (Å²) in [7, 11) is 1.55. The summed E-state index contributed by atoms with van der Waals surface area (Å²) >= 11 is 7.97. The highest BCUT2D eigenvalue weighted by Crippen LogP contribution is 2.28. The molecule has 33 heavy (non-hydrogen) atoms. The van der Waals surface area contributed by atoms with Gasteiger partial charge < -0.3 is 14.8 Å². The largest absolute Gasteiger partial charge is 0.493 e. The van der Waals surface area contributed by atoms with Crippen molar-refractivity contribution in [3.05, 3.63) is 92.0 Å². The Hall–Kier alpha value is -3.11. The van der Waals surface area contributed by atoms with Crippen LogP contribution in [0.25, 0.3) is 0 Å². The SMILES string of the molecule is COc1cc(/C=N/NC(=O)CNC(=O)c2ccccc2I)ccc1OCc1ccc(Cl)cc1. The molecule has 0 atom stereocenters. The fourth-order valence-corrected chi connectivity index (χ4v) is 3.50. The van der Waals surface area contributed by atoms with E-state index in [0.717, 1.165) is 9.13 Å². The van der Waals surface area contributed by atoms with Crippen molar-refractivity contribution in [2.45, 2.75) is 6.61 Å². The predicted octanol–water partition coefficient (Wildman–Crippen LogP) is 4.41. The minimum Gasteiger partial charge on any atom is -0.493 e. The third kappa shape index (κ3) is 7.47. The van der Waals surface area contributed by atoms with Crippen molar-refractivity contribution in [3.8, 4) is 11.5 Å². The Balaban J connectivity index is 1.50. The number of nitrogens with one attached hydrogen (secondary N) is 2. The zero-order valence-corrected chi connectivity index (χ0v) is 20.6. The second-order valence-electron chi connectivity index (χ2n) is 6.78. The molecule has 0 aliphatic heterocycles. The molecule has 0 heterocycles. The molecule has 170 valence electrons. The fraction of sp³-hybridized carbons (Fsp3) is 0.125. The molecule has 0 bridgehead atoms. The highest BCUT2D eigenvalue weighted by atomic mass is 127. The van der Waals surface area contributed by atoms with Gasteiger partial charge in [0.2, 0.25) is 0 Å². The highest BCUT2D eigenvalue weighted by Gasteiger charge is 2.10. The standard InChI is InChI=1S/C24H21ClIN3O4/c1-32-22-12-17(8-11-21(22)33-15-16-6-9-18(25)10-7-16)13-28-29-23(30)14-27-24(31)19-4-2-3-5-20(19)26/h2-13H,14-15H2,1H3,(H,27,31)(H,29,30)/b28-13+. The number of hydrazone groups is 1. The molecule has 0 saturated carbocycles. The van der Waals surface area contributed by atoms with Crippen LogP contribution in [0.15, 0.2) is 71.8 Å². The third-order valence-corrected chi connectivity index (χ3v) is 5.62. The highest BCUT2D eigenvalue weighted by molar-refractivity contribution is 14.1. The van der Waals surface area contributed by atoms with Gasteiger partial charge in [-0.25, -0.2) is 5.43 Å². The van der Waals surface area contributed by atoms with Crippen molar-refractivity contribution in [3.63, 3.8) is 0 Å². The number of ether oxygens (including phenoxy) is 2. The van der Waals surface area contributed by atoms with Crippen LogP contribution in [-0.2, 0) is 11.4 Å². The van der Waals surface area contributed by atoms with E-state index in [1.54, 1.807) is 49.6 Å². The van der Waals surface area contributed by atoms with Crippen molar-refractivity contribution in [2.24, 2.45) is 5.10 Å². The molecule has 0 fully saturated rings. The lowest BCUT2D eigenvalue weighted by Crippen LogP contribution is -2.35. The number of benzene rings is 3. The average Bonchev–Trinajstić information content (AvgIpc) is 2.83. The van der Waals surface area contributed by atoms with Crippen LogP contribution >= 0.6 is 34.2 Å². The number of amides is 2. The summed E-state index contributed by atoms with van der Waals surface area (Å²) in [6.07, 6.45) is 1.48. The molecular formula is C24H21ClIN3O4. The van der Waals surface area contributed by atoms with Gasteiger partial charge in [0.25, 0.3) is 11.8 Å².